The average molecular weight is 332 g/mol. The lowest BCUT2D eigenvalue weighted by atomic mass is 10.1. The van der Waals surface area contributed by atoms with Crippen LogP contribution in [0.2, 0.25) is 0 Å². The number of carbonyl (C=O) groups excluding carboxylic acids is 2. The Labute approximate surface area is 130 Å². The van der Waals surface area contributed by atoms with Gasteiger partial charge in [0, 0.05) is 5.56 Å². The largest absolute Gasteiger partial charge is 0.318 e. The van der Waals surface area contributed by atoms with E-state index in [9.17, 15) is 9.59 Å². The van der Waals surface area contributed by atoms with E-state index in [4.69, 9.17) is 23.2 Å². The van der Waals surface area contributed by atoms with Crippen molar-refractivity contribution in [1.29, 1.82) is 0 Å². The van der Waals surface area contributed by atoms with Crippen LogP contribution < -0.4 is 10.6 Å². The number of halogens is 2. The number of hydrogen-bond acceptors (Lipinski definition) is 4. The van der Waals surface area contributed by atoms with Gasteiger partial charge in [-0.1, -0.05) is 53.2 Å². The highest BCUT2D eigenvalue weighted by Crippen LogP contribution is 2.28. The van der Waals surface area contributed by atoms with Gasteiger partial charge >= 0.3 is 0 Å². The summed E-state index contributed by atoms with van der Waals surface area (Å²) in [5, 5.41) is 5.39. The van der Waals surface area contributed by atoms with Gasteiger partial charge in [-0.2, -0.15) is 0 Å². The minimum absolute atomic E-state index is 0.356. The van der Waals surface area contributed by atoms with Crippen molar-refractivity contribution in [2.45, 2.75) is 10.5 Å². The molecule has 2 N–H and O–H groups in total. The topological polar surface area (TPSA) is 70.6 Å². The predicted octanol–water partition coefficient (Wildman–Crippen LogP) is 1.77. The first-order valence-corrected chi connectivity index (χ1v) is 7.70. The molecule has 0 saturated heterocycles. The number of amidine groups is 1. The molecule has 106 valence electrons. The van der Waals surface area contributed by atoms with E-state index in [0.717, 1.165) is 0 Å². The van der Waals surface area contributed by atoms with E-state index < -0.39 is 22.3 Å². The van der Waals surface area contributed by atoms with Crippen molar-refractivity contribution in [3.63, 3.8) is 0 Å². The van der Waals surface area contributed by atoms with Crippen molar-refractivity contribution in [3.05, 3.63) is 35.9 Å². The highest BCUT2D eigenvalue weighted by Gasteiger charge is 2.50. The standard InChI is InChI=1S/C12H11Cl2N3O2S/c1-20-11-15-10(19)12(17-11,9(13)14)16-8(18)7-5-3-2-4-6-7/h2-6,9H,1H3,(H,16,18)(H,15,17,19)/t12-/m1/s1. The second-order valence-corrected chi connectivity index (χ2v) is 5.85. The molecule has 0 bridgehead atoms. The molecule has 0 unspecified atom stereocenters. The van der Waals surface area contributed by atoms with Crippen LogP contribution in [0.3, 0.4) is 0 Å². The molecule has 5 nitrogen and oxygen atoms in total. The zero-order valence-electron chi connectivity index (χ0n) is 10.4. The molecule has 0 spiro atoms. The van der Waals surface area contributed by atoms with E-state index in [1.165, 1.54) is 11.8 Å². The van der Waals surface area contributed by atoms with Gasteiger partial charge < -0.3 is 10.6 Å². The number of alkyl halides is 2. The molecule has 2 rings (SSSR count). The van der Waals surface area contributed by atoms with Crippen molar-refractivity contribution in [2.75, 3.05) is 6.26 Å². The second-order valence-electron chi connectivity index (χ2n) is 3.96. The average Bonchev–Trinajstić information content (AvgIpc) is 2.77. The van der Waals surface area contributed by atoms with E-state index in [1.807, 2.05) is 0 Å². The summed E-state index contributed by atoms with van der Waals surface area (Å²) >= 11 is 13.0. The van der Waals surface area contributed by atoms with Gasteiger partial charge in [-0.3, -0.25) is 9.59 Å². The Morgan fingerprint density at radius 1 is 1.40 bits per heavy atom. The van der Waals surface area contributed by atoms with E-state index in [1.54, 1.807) is 36.6 Å². The maximum absolute atomic E-state index is 12.2. The van der Waals surface area contributed by atoms with E-state index in [0.29, 0.717) is 10.7 Å². The quantitative estimate of drug-likeness (QED) is 0.829. The van der Waals surface area contributed by atoms with Crippen LogP contribution in [0.15, 0.2) is 35.3 Å². The third kappa shape index (κ3) is 2.77. The Hall–Kier alpha value is -1.24. The first-order chi connectivity index (χ1) is 9.49. The van der Waals surface area contributed by atoms with Crippen LogP contribution in [0, 0.1) is 0 Å². The summed E-state index contributed by atoms with van der Waals surface area (Å²) in [6.45, 7) is 0. The lowest BCUT2D eigenvalue weighted by Crippen LogP contribution is -2.58. The smallest absolute Gasteiger partial charge is 0.277 e. The molecular weight excluding hydrogens is 321 g/mol. The van der Waals surface area contributed by atoms with Gasteiger partial charge in [0.05, 0.1) is 0 Å². The lowest BCUT2D eigenvalue weighted by Gasteiger charge is -2.25. The molecule has 2 amide bonds. The van der Waals surface area contributed by atoms with Gasteiger partial charge in [0.25, 0.3) is 11.8 Å². The molecule has 1 atom stereocenters. The fourth-order valence-electron chi connectivity index (χ4n) is 1.65. The van der Waals surface area contributed by atoms with Crippen LogP contribution >= 0.6 is 35.0 Å². The van der Waals surface area contributed by atoms with Crippen molar-refractivity contribution in [2.24, 2.45) is 4.99 Å². The molecule has 1 aliphatic heterocycles. The fourth-order valence-corrected chi connectivity index (χ4v) is 2.48. The highest BCUT2D eigenvalue weighted by atomic mass is 35.5. The Bertz CT molecular complexity index is 565. The molecule has 1 aromatic rings. The molecule has 1 heterocycles. The second kappa shape index (κ2) is 6.03. The van der Waals surface area contributed by atoms with Crippen LogP contribution in [0.5, 0.6) is 0 Å². The van der Waals surface area contributed by atoms with Crippen LogP contribution in [0.4, 0.5) is 0 Å². The summed E-state index contributed by atoms with van der Waals surface area (Å²) in [6, 6.07) is 8.45. The van der Waals surface area contributed by atoms with Crippen molar-refractivity contribution >= 4 is 51.9 Å². The Balaban J connectivity index is 2.30. The van der Waals surface area contributed by atoms with E-state index in [2.05, 4.69) is 15.6 Å². The molecule has 20 heavy (non-hydrogen) atoms. The van der Waals surface area contributed by atoms with Crippen LogP contribution in [-0.4, -0.2) is 33.7 Å². The number of aliphatic imine (C=N–C) groups is 1. The Morgan fingerprint density at radius 3 is 2.55 bits per heavy atom. The van der Waals surface area contributed by atoms with Gasteiger partial charge in [-0.15, -0.1) is 0 Å². The summed E-state index contributed by atoms with van der Waals surface area (Å²) in [5.74, 6) is -1.03. The Morgan fingerprint density at radius 2 is 2.05 bits per heavy atom. The lowest BCUT2D eigenvalue weighted by molar-refractivity contribution is -0.124. The summed E-state index contributed by atoms with van der Waals surface area (Å²) < 4.78 is 0. The number of hydrogen-bond donors (Lipinski definition) is 2. The molecule has 0 aliphatic carbocycles. The first kappa shape index (κ1) is 15.2. The summed E-state index contributed by atoms with van der Waals surface area (Å²) in [5.41, 5.74) is -1.31. The maximum Gasteiger partial charge on any atom is 0.277 e. The first-order valence-electron chi connectivity index (χ1n) is 5.60. The maximum atomic E-state index is 12.2. The number of thioether (sulfide) groups is 1. The van der Waals surface area contributed by atoms with Gasteiger partial charge in [-0.25, -0.2) is 4.99 Å². The van der Waals surface area contributed by atoms with Gasteiger partial charge in [-0.05, 0) is 18.4 Å². The minimum Gasteiger partial charge on any atom is -0.318 e. The van der Waals surface area contributed by atoms with Crippen LogP contribution in [0.1, 0.15) is 10.4 Å². The minimum atomic E-state index is -1.70. The molecule has 8 heteroatoms. The summed E-state index contributed by atoms with van der Waals surface area (Å²) in [4.78, 5) is 27.1. The molecule has 1 aromatic carbocycles. The number of carbonyl (C=O) groups is 2. The number of amides is 2. The number of rotatable bonds is 3. The summed E-state index contributed by atoms with van der Waals surface area (Å²) in [6.07, 6.45) is 1.74. The molecule has 0 fully saturated rings. The number of nitrogens with zero attached hydrogens (tertiary/aromatic N) is 1. The predicted molar refractivity (Wildman–Crippen MR) is 81.2 cm³/mol. The normalized spacial score (nSPS) is 21.6. The van der Waals surface area contributed by atoms with Crippen LogP contribution in [0.25, 0.3) is 0 Å². The van der Waals surface area contributed by atoms with E-state index >= 15 is 0 Å². The molecule has 1 aliphatic rings. The van der Waals surface area contributed by atoms with Crippen molar-refractivity contribution in [3.8, 4) is 0 Å². The third-order valence-electron chi connectivity index (χ3n) is 2.69. The Kier molecular flexibility index (Phi) is 4.57. The highest BCUT2D eigenvalue weighted by molar-refractivity contribution is 8.13. The zero-order chi connectivity index (χ0) is 14.8. The van der Waals surface area contributed by atoms with Gasteiger partial charge in [0.2, 0.25) is 5.66 Å². The van der Waals surface area contributed by atoms with E-state index in [-0.39, 0.29) is 0 Å². The van der Waals surface area contributed by atoms with Gasteiger partial charge in [0.15, 0.2) is 10.0 Å². The third-order valence-corrected chi connectivity index (χ3v) is 3.91. The molecule has 0 saturated carbocycles. The van der Waals surface area contributed by atoms with Crippen molar-refractivity contribution in [1.82, 2.24) is 10.6 Å². The molecule has 0 aromatic heterocycles. The SMILES string of the molecule is CSC1=N[C@](NC(=O)c2ccccc2)(C(Cl)Cl)C(=O)N1. The van der Waals surface area contributed by atoms with Crippen molar-refractivity contribution < 1.29 is 9.59 Å². The summed E-state index contributed by atoms with van der Waals surface area (Å²) in [7, 11) is 0. The van der Waals surface area contributed by atoms with Crippen LogP contribution in [-0.2, 0) is 4.79 Å². The zero-order valence-corrected chi connectivity index (χ0v) is 12.7. The monoisotopic (exact) mass is 331 g/mol. The number of nitrogens with one attached hydrogen (secondary N) is 2. The number of benzene rings is 1. The molecular formula is C12H11Cl2N3O2S. The molecule has 0 radical (unpaired) electrons. The van der Waals surface area contributed by atoms with Gasteiger partial charge in [0.1, 0.15) is 0 Å². The fraction of sp³-hybridized carbons (Fsp3) is 0.250.